The van der Waals surface area contributed by atoms with E-state index in [9.17, 15) is 4.79 Å². The first-order valence-corrected chi connectivity index (χ1v) is 3.93. The van der Waals surface area contributed by atoms with E-state index < -0.39 is 0 Å². The van der Waals surface area contributed by atoms with Crippen LogP contribution in [0.15, 0.2) is 0 Å². The third-order valence-corrected chi connectivity index (χ3v) is 1.92. The van der Waals surface area contributed by atoms with Crippen molar-refractivity contribution in [1.82, 2.24) is 0 Å². The van der Waals surface area contributed by atoms with E-state index in [1.165, 1.54) is 6.42 Å². The van der Waals surface area contributed by atoms with E-state index >= 15 is 0 Å². The summed E-state index contributed by atoms with van der Waals surface area (Å²) in [5.41, 5.74) is 0. The van der Waals surface area contributed by atoms with Crippen LogP contribution in [-0.2, 0) is 4.79 Å². The molecule has 0 spiro atoms. The number of nitrogens with zero attached hydrogens (tertiary/aromatic N) is 1. The van der Waals surface area contributed by atoms with Crippen molar-refractivity contribution in [1.29, 1.82) is 0 Å². The Bertz CT molecular complexity index is 161. The van der Waals surface area contributed by atoms with E-state index in [4.69, 9.17) is 0 Å². The minimum atomic E-state index is 0.292. The van der Waals surface area contributed by atoms with Crippen LogP contribution in [0.5, 0.6) is 0 Å². The van der Waals surface area contributed by atoms with Crippen LogP contribution >= 0.6 is 0 Å². The fraction of sp³-hybridized carbons (Fsp3) is 0.750. The molecule has 1 aliphatic rings. The number of amides is 1. The van der Waals surface area contributed by atoms with Gasteiger partial charge in [-0.3, -0.25) is 0 Å². The van der Waals surface area contributed by atoms with Crippen LogP contribution in [0.4, 0.5) is 0 Å². The highest BCUT2D eigenvalue weighted by molar-refractivity contribution is 5.71. The van der Waals surface area contributed by atoms with Crippen LogP contribution in [0.3, 0.4) is 0 Å². The van der Waals surface area contributed by atoms with Crippen molar-refractivity contribution in [2.75, 3.05) is 6.54 Å². The van der Waals surface area contributed by atoms with Gasteiger partial charge < -0.3 is 0 Å². The number of rotatable bonds is 0. The maximum Gasteiger partial charge on any atom is 0.386 e. The number of carbonyl (C=O) groups is 1. The summed E-state index contributed by atoms with van der Waals surface area (Å²) in [7, 11) is 0. The summed E-state index contributed by atoms with van der Waals surface area (Å²) < 4.78 is 1.83. The minimum Gasteiger partial charge on any atom is -0.220 e. The summed E-state index contributed by atoms with van der Waals surface area (Å²) in [6.45, 7) is 2.85. The molecule has 0 aromatic heterocycles. The van der Waals surface area contributed by atoms with E-state index in [0.29, 0.717) is 5.91 Å². The zero-order valence-electron chi connectivity index (χ0n) is 6.47. The van der Waals surface area contributed by atoms with Gasteiger partial charge in [0, 0.05) is 13.3 Å². The SMILES string of the molecule is CC=[N+]1CCCCCC1=O. The third kappa shape index (κ3) is 1.66. The Morgan fingerprint density at radius 1 is 1.40 bits per heavy atom. The monoisotopic (exact) mass is 140 g/mol. The maximum absolute atomic E-state index is 11.1. The van der Waals surface area contributed by atoms with Crippen molar-refractivity contribution >= 4 is 12.1 Å². The van der Waals surface area contributed by atoms with Crippen LogP contribution in [0, 0.1) is 0 Å². The second-order valence-corrected chi connectivity index (χ2v) is 2.66. The van der Waals surface area contributed by atoms with Gasteiger partial charge in [0.2, 0.25) is 0 Å². The van der Waals surface area contributed by atoms with Gasteiger partial charge in [-0.25, -0.2) is 4.79 Å². The molecule has 1 rings (SSSR count). The first-order valence-electron chi connectivity index (χ1n) is 3.93. The van der Waals surface area contributed by atoms with Crippen LogP contribution in [-0.4, -0.2) is 23.2 Å². The van der Waals surface area contributed by atoms with Gasteiger partial charge in [0.1, 0.15) is 6.21 Å². The number of hydrogen-bond donors (Lipinski definition) is 0. The van der Waals surface area contributed by atoms with Crippen molar-refractivity contribution < 1.29 is 9.37 Å². The number of hydrogen-bond acceptors (Lipinski definition) is 1. The molecule has 56 valence electrons. The number of carbonyl (C=O) groups excluding carboxylic acids is 1. The fourth-order valence-electron chi connectivity index (χ4n) is 1.28. The van der Waals surface area contributed by atoms with Crippen molar-refractivity contribution in [2.24, 2.45) is 0 Å². The predicted octanol–water partition coefficient (Wildman–Crippen LogP) is 1.19. The van der Waals surface area contributed by atoms with Gasteiger partial charge in [-0.15, -0.1) is 0 Å². The Morgan fingerprint density at radius 3 is 2.90 bits per heavy atom. The van der Waals surface area contributed by atoms with Gasteiger partial charge in [0.25, 0.3) is 0 Å². The largest absolute Gasteiger partial charge is 0.386 e. The molecule has 1 heterocycles. The standard InChI is InChI=1S/C8H14NO/c1-2-9-7-5-3-4-6-8(9)10/h2H,3-7H2,1H3/q+1. The molecular weight excluding hydrogens is 126 g/mol. The lowest BCUT2D eigenvalue weighted by Gasteiger charge is -1.91. The zero-order chi connectivity index (χ0) is 7.40. The van der Waals surface area contributed by atoms with Gasteiger partial charge in [-0.2, -0.15) is 4.58 Å². The maximum atomic E-state index is 11.1. The highest BCUT2D eigenvalue weighted by Gasteiger charge is 2.18. The van der Waals surface area contributed by atoms with E-state index in [1.54, 1.807) is 0 Å². The molecule has 1 saturated heterocycles. The molecule has 0 unspecified atom stereocenters. The summed E-state index contributed by atoms with van der Waals surface area (Å²) in [6.07, 6.45) is 6.06. The van der Waals surface area contributed by atoms with Gasteiger partial charge in [0.15, 0.2) is 6.54 Å². The third-order valence-electron chi connectivity index (χ3n) is 1.92. The molecule has 10 heavy (non-hydrogen) atoms. The molecule has 1 amide bonds. The van der Waals surface area contributed by atoms with E-state index in [2.05, 4.69) is 0 Å². The molecule has 0 radical (unpaired) electrons. The minimum absolute atomic E-state index is 0.292. The van der Waals surface area contributed by atoms with E-state index in [0.717, 1.165) is 25.8 Å². The van der Waals surface area contributed by atoms with Crippen molar-refractivity contribution in [3.63, 3.8) is 0 Å². The van der Waals surface area contributed by atoms with E-state index in [-0.39, 0.29) is 0 Å². The Morgan fingerprint density at radius 2 is 2.20 bits per heavy atom. The molecule has 1 aliphatic heterocycles. The Balaban J connectivity index is 2.61. The van der Waals surface area contributed by atoms with Gasteiger partial charge >= 0.3 is 5.91 Å². The van der Waals surface area contributed by atoms with E-state index in [1.807, 2.05) is 17.7 Å². The van der Waals surface area contributed by atoms with Crippen molar-refractivity contribution in [3.8, 4) is 0 Å². The molecule has 0 aromatic carbocycles. The second kappa shape index (κ2) is 3.49. The molecule has 0 aromatic rings. The average Bonchev–Trinajstić information content (AvgIpc) is 2.13. The van der Waals surface area contributed by atoms with Crippen LogP contribution in [0.1, 0.15) is 32.6 Å². The second-order valence-electron chi connectivity index (χ2n) is 2.66. The first kappa shape index (κ1) is 7.45. The first-order chi connectivity index (χ1) is 4.84. The topological polar surface area (TPSA) is 20.1 Å². The quantitative estimate of drug-likeness (QED) is 0.463. The van der Waals surface area contributed by atoms with Crippen LogP contribution < -0.4 is 0 Å². The lowest BCUT2D eigenvalue weighted by Crippen LogP contribution is -2.19. The Labute approximate surface area is 61.6 Å². The summed E-state index contributed by atoms with van der Waals surface area (Å²) in [6, 6.07) is 0. The molecule has 0 aliphatic carbocycles. The fourth-order valence-corrected chi connectivity index (χ4v) is 1.28. The van der Waals surface area contributed by atoms with Gasteiger partial charge in [0.05, 0.1) is 6.42 Å². The zero-order valence-corrected chi connectivity index (χ0v) is 6.47. The molecule has 1 fully saturated rings. The average molecular weight is 140 g/mol. The molecular formula is C8H14NO+. The smallest absolute Gasteiger partial charge is 0.220 e. The highest BCUT2D eigenvalue weighted by atomic mass is 16.2. The molecule has 0 bridgehead atoms. The lowest BCUT2D eigenvalue weighted by atomic mass is 10.2. The summed E-state index contributed by atoms with van der Waals surface area (Å²) in [4.78, 5) is 11.1. The molecule has 0 N–H and O–H groups in total. The summed E-state index contributed by atoms with van der Waals surface area (Å²) >= 11 is 0. The lowest BCUT2D eigenvalue weighted by molar-refractivity contribution is -0.443. The van der Waals surface area contributed by atoms with Crippen molar-refractivity contribution in [2.45, 2.75) is 32.6 Å². The van der Waals surface area contributed by atoms with Crippen LogP contribution in [0.2, 0.25) is 0 Å². The molecule has 0 atom stereocenters. The summed E-state index contributed by atoms with van der Waals surface area (Å²) in [5.74, 6) is 0.292. The molecule has 2 heteroatoms. The molecule has 2 nitrogen and oxygen atoms in total. The highest BCUT2D eigenvalue weighted by Crippen LogP contribution is 2.06. The van der Waals surface area contributed by atoms with Gasteiger partial charge in [-0.05, 0) is 12.8 Å². The van der Waals surface area contributed by atoms with Crippen molar-refractivity contribution in [3.05, 3.63) is 0 Å². The normalized spacial score (nSPS) is 24.9. The van der Waals surface area contributed by atoms with Gasteiger partial charge in [-0.1, -0.05) is 0 Å². The molecule has 0 saturated carbocycles. The Hall–Kier alpha value is -0.660. The summed E-state index contributed by atoms with van der Waals surface area (Å²) in [5, 5.41) is 0. The predicted molar refractivity (Wildman–Crippen MR) is 40.3 cm³/mol. The Kier molecular flexibility index (Phi) is 2.60. The van der Waals surface area contributed by atoms with Crippen LogP contribution in [0.25, 0.3) is 0 Å².